The fraction of sp³-hybridized carbons (Fsp3) is 0.433. The number of aliphatic imine (C=N–C) groups is 1. The van der Waals surface area contributed by atoms with E-state index in [0.29, 0.717) is 21.9 Å². The predicted molar refractivity (Wildman–Crippen MR) is 181 cm³/mol. The van der Waals surface area contributed by atoms with Crippen LogP contribution in [0.5, 0.6) is 0 Å². The molecule has 0 aromatic carbocycles. The Balaban J connectivity index is 0.000000293. The largest absolute Gasteiger partial charge is 0.350 e. The highest BCUT2D eigenvalue weighted by Crippen LogP contribution is 2.08. The van der Waals surface area contributed by atoms with E-state index in [0.717, 1.165) is 4.88 Å². The van der Waals surface area contributed by atoms with Gasteiger partial charge in [-0.2, -0.15) is 0 Å². The lowest BCUT2D eigenvalue weighted by Crippen LogP contribution is -2.31. The fourth-order valence-corrected chi connectivity index (χ4v) is 4.59. The van der Waals surface area contributed by atoms with Gasteiger partial charge in [0, 0.05) is 30.4 Å². The van der Waals surface area contributed by atoms with Gasteiger partial charge in [-0.1, -0.05) is 6.07 Å². The van der Waals surface area contributed by atoms with Gasteiger partial charge < -0.3 is 21.3 Å². The number of hydrogen-bond acceptors (Lipinski definition) is 10. The Bertz CT molecular complexity index is 1190. The van der Waals surface area contributed by atoms with Gasteiger partial charge in [-0.05, 0) is 72.9 Å². The molecule has 11 nitrogen and oxygen atoms in total. The van der Waals surface area contributed by atoms with Gasteiger partial charge in [-0.15, -0.1) is 34.0 Å². The van der Waals surface area contributed by atoms with Crippen LogP contribution < -0.4 is 21.3 Å². The van der Waals surface area contributed by atoms with Gasteiger partial charge in [0.15, 0.2) is 0 Å². The summed E-state index contributed by atoms with van der Waals surface area (Å²) < 4.78 is 0. The van der Waals surface area contributed by atoms with E-state index in [1.165, 1.54) is 34.0 Å². The Morgan fingerprint density at radius 1 is 0.636 bits per heavy atom. The molecule has 0 saturated heterocycles. The summed E-state index contributed by atoms with van der Waals surface area (Å²) in [5.74, 6) is -0.0822. The molecule has 44 heavy (non-hydrogen) atoms. The topological polar surface area (TPSA) is 155 Å². The Hall–Kier alpha value is -3.75. The van der Waals surface area contributed by atoms with E-state index in [9.17, 15) is 19.2 Å². The summed E-state index contributed by atoms with van der Waals surface area (Å²) in [5, 5.41) is 13.1. The van der Waals surface area contributed by atoms with Gasteiger partial charge in [-0.3, -0.25) is 34.1 Å². The van der Waals surface area contributed by atoms with Crippen molar-refractivity contribution in [2.75, 3.05) is 6.54 Å². The molecule has 0 spiro atoms. The Morgan fingerprint density at radius 2 is 1.07 bits per heavy atom. The number of aromatic nitrogens is 2. The van der Waals surface area contributed by atoms with Crippen LogP contribution in [-0.4, -0.2) is 70.5 Å². The van der Waals surface area contributed by atoms with Crippen LogP contribution in [0.4, 0.5) is 0 Å². The summed E-state index contributed by atoms with van der Waals surface area (Å²) >= 11 is 4.16. The average Bonchev–Trinajstić information content (AvgIpc) is 3.77. The summed E-state index contributed by atoms with van der Waals surface area (Å²) in [7, 11) is 0. The minimum atomic E-state index is -0.0394. The lowest BCUT2D eigenvalue weighted by molar-refractivity contribution is -0.117. The first kappa shape index (κ1) is 38.3. The summed E-state index contributed by atoms with van der Waals surface area (Å²) in [6, 6.07) is 4.47. The number of amides is 4. The second-order valence-corrected chi connectivity index (χ2v) is 13.1. The number of hydrogen-bond donors (Lipinski definition) is 4. The van der Waals surface area contributed by atoms with Crippen LogP contribution in [0.25, 0.3) is 0 Å². The van der Waals surface area contributed by atoms with Crippen LogP contribution in [0.1, 0.15) is 84.4 Å². The van der Waals surface area contributed by atoms with Crippen molar-refractivity contribution < 1.29 is 19.2 Å². The number of carbonyl (C=O) groups excluding carboxylic acids is 4. The smallest absolute Gasteiger partial charge is 0.263 e. The Labute approximate surface area is 271 Å². The van der Waals surface area contributed by atoms with Crippen molar-refractivity contribution in [3.8, 4) is 0 Å². The van der Waals surface area contributed by atoms with Gasteiger partial charge >= 0.3 is 0 Å². The number of nitrogens with one attached hydrogen (secondary N) is 4. The van der Waals surface area contributed by atoms with E-state index in [4.69, 9.17) is 0 Å². The molecule has 3 aromatic heterocycles. The first-order chi connectivity index (χ1) is 20.8. The lowest BCUT2D eigenvalue weighted by Gasteiger charge is -2.06. The predicted octanol–water partition coefficient (Wildman–Crippen LogP) is 4.97. The third kappa shape index (κ3) is 16.8. The number of nitrogens with zero attached hydrogens (tertiary/aromatic N) is 3. The van der Waals surface area contributed by atoms with Crippen LogP contribution in [0.15, 0.2) is 57.6 Å². The molecule has 4 N–H and O–H groups in total. The molecule has 0 unspecified atom stereocenters. The molecule has 14 heteroatoms. The second kappa shape index (κ2) is 21.0. The van der Waals surface area contributed by atoms with Crippen molar-refractivity contribution >= 4 is 63.9 Å². The van der Waals surface area contributed by atoms with Crippen molar-refractivity contribution in [2.45, 2.75) is 79.6 Å². The zero-order valence-electron chi connectivity index (χ0n) is 26.4. The normalized spacial score (nSPS) is 11.4. The van der Waals surface area contributed by atoms with E-state index < -0.39 is 0 Å². The fourth-order valence-electron chi connectivity index (χ4n) is 2.92. The highest BCUT2D eigenvalue weighted by Gasteiger charge is 2.10. The minimum Gasteiger partial charge on any atom is -0.350 e. The number of rotatable bonds is 8. The van der Waals surface area contributed by atoms with Crippen molar-refractivity contribution in [1.29, 1.82) is 0 Å². The van der Waals surface area contributed by atoms with E-state index in [-0.39, 0.29) is 47.8 Å². The quantitative estimate of drug-likeness (QED) is 0.267. The SMILES string of the molecule is CC(C)NC(=O)C1=CCN=C1.CC(C)NC(=O)c1cccs1.CC(C)NC(=O)c1cncs1.CC(C)NC(=O)c1cncs1. The molecule has 0 saturated carbocycles. The van der Waals surface area contributed by atoms with Crippen LogP contribution in [0.2, 0.25) is 0 Å². The third-order valence-corrected chi connectivity index (χ3v) is 7.06. The summed E-state index contributed by atoms with van der Waals surface area (Å²) in [4.78, 5) is 58.4. The molecular weight excluding hydrogens is 619 g/mol. The standard InChI is InChI=1S/C8H12N2O.C8H11NOS.2C7H10N2OS/c1-6(2)10-8(11)7-3-4-9-5-7;1-6(2)9-8(10)7-4-3-5-11-7;2*1-5(2)9-7(10)6-3-8-4-11-6/h3,5-6H,4H2,1-2H3,(H,10,11);3-6H,1-2H3,(H,9,10);2*3-5H,1-2H3,(H,9,10). The van der Waals surface area contributed by atoms with Crippen LogP contribution >= 0.6 is 34.0 Å². The molecule has 4 heterocycles. The van der Waals surface area contributed by atoms with Crippen LogP contribution in [0.3, 0.4) is 0 Å². The van der Waals surface area contributed by atoms with E-state index in [1.54, 1.807) is 29.6 Å². The van der Waals surface area contributed by atoms with Gasteiger partial charge in [0.25, 0.3) is 23.6 Å². The molecule has 0 aliphatic carbocycles. The van der Waals surface area contributed by atoms with Gasteiger partial charge in [0.05, 0.1) is 40.4 Å². The van der Waals surface area contributed by atoms with Gasteiger partial charge in [0.2, 0.25) is 0 Å². The molecule has 1 aliphatic rings. The Kier molecular flexibility index (Phi) is 18.3. The van der Waals surface area contributed by atoms with Crippen LogP contribution in [0, 0.1) is 0 Å². The monoisotopic (exact) mass is 661 g/mol. The Morgan fingerprint density at radius 3 is 1.39 bits per heavy atom. The number of carbonyl (C=O) groups is 4. The maximum absolute atomic E-state index is 11.2. The molecule has 4 rings (SSSR count). The highest BCUT2D eigenvalue weighted by atomic mass is 32.1. The van der Waals surface area contributed by atoms with Gasteiger partial charge in [0.1, 0.15) is 9.75 Å². The van der Waals surface area contributed by atoms with Crippen molar-refractivity contribution in [3.05, 3.63) is 67.2 Å². The second-order valence-electron chi connectivity index (χ2n) is 10.4. The van der Waals surface area contributed by atoms with Crippen molar-refractivity contribution in [1.82, 2.24) is 31.2 Å². The molecule has 0 radical (unpaired) electrons. The highest BCUT2D eigenvalue weighted by molar-refractivity contribution is 7.12. The molecule has 240 valence electrons. The summed E-state index contributed by atoms with van der Waals surface area (Å²) in [5.41, 5.74) is 3.98. The van der Waals surface area contributed by atoms with E-state index >= 15 is 0 Å². The van der Waals surface area contributed by atoms with E-state index in [1.807, 2.05) is 79.0 Å². The number of thiazole rings is 2. The molecule has 0 bridgehead atoms. The maximum Gasteiger partial charge on any atom is 0.263 e. The van der Waals surface area contributed by atoms with Gasteiger partial charge in [-0.25, -0.2) is 0 Å². The maximum atomic E-state index is 11.2. The molecule has 0 fully saturated rings. The molecule has 1 aliphatic heterocycles. The zero-order valence-corrected chi connectivity index (χ0v) is 28.9. The lowest BCUT2D eigenvalue weighted by atomic mass is 10.2. The first-order valence-electron chi connectivity index (χ1n) is 14.0. The summed E-state index contributed by atoms with van der Waals surface area (Å²) in [6.07, 6.45) is 6.57. The van der Waals surface area contributed by atoms with Crippen molar-refractivity contribution in [3.63, 3.8) is 0 Å². The minimum absolute atomic E-state index is 0.0231. The van der Waals surface area contributed by atoms with Crippen LogP contribution in [-0.2, 0) is 4.79 Å². The molecule has 0 atom stereocenters. The molecule has 4 amide bonds. The molecule has 3 aromatic rings. The van der Waals surface area contributed by atoms with E-state index in [2.05, 4.69) is 36.2 Å². The summed E-state index contributed by atoms with van der Waals surface area (Å²) in [6.45, 7) is 16.1. The van der Waals surface area contributed by atoms with Crippen molar-refractivity contribution in [2.24, 2.45) is 4.99 Å². The molecular formula is C30H43N7O4S3. The average molecular weight is 662 g/mol. The zero-order chi connectivity index (χ0) is 33.1. The third-order valence-electron chi connectivity index (χ3n) is 4.65. The first-order valence-corrected chi connectivity index (χ1v) is 16.7. The number of thiophene rings is 1.